The molecule has 34 heavy (non-hydrogen) atoms. The van der Waals surface area contributed by atoms with Crippen molar-refractivity contribution in [3.63, 3.8) is 0 Å². The third-order valence-electron chi connectivity index (χ3n) is 6.78. The van der Waals surface area contributed by atoms with Gasteiger partial charge in [0.15, 0.2) is 5.54 Å². The lowest BCUT2D eigenvalue weighted by Crippen LogP contribution is -2.53. The van der Waals surface area contributed by atoms with Gasteiger partial charge in [-0.25, -0.2) is 0 Å². The Kier molecular flexibility index (Phi) is 5.70. The fourth-order valence-corrected chi connectivity index (χ4v) is 5.43. The number of ketones is 1. The van der Waals surface area contributed by atoms with Crippen LogP contribution >= 0.6 is 11.6 Å². The number of anilines is 1. The molecule has 0 aromatic heterocycles. The van der Waals surface area contributed by atoms with Crippen molar-refractivity contribution in [2.75, 3.05) is 24.6 Å². The standard InChI is InChI=1S/C26H25ClN2O5/c1-2-13-28-20-8-4-3-7-19(20)26(25(28)33)21(22(30)16-9-11-17(27)12-10-16)23(31)24(32)29(26)15-18-6-5-14-34-18/h3-4,7-12,18,30H,2,5-6,13-15H2,1H3/t18-,26+/m0/s1. The zero-order valence-corrected chi connectivity index (χ0v) is 19.5. The smallest absolute Gasteiger partial charge is 0.296 e. The van der Waals surface area contributed by atoms with Crippen LogP contribution in [0.3, 0.4) is 0 Å². The fourth-order valence-electron chi connectivity index (χ4n) is 5.31. The van der Waals surface area contributed by atoms with Crippen LogP contribution in [0.5, 0.6) is 0 Å². The summed E-state index contributed by atoms with van der Waals surface area (Å²) in [6.07, 6.45) is 1.97. The Bertz CT molecular complexity index is 1200. The molecule has 7 nitrogen and oxygen atoms in total. The predicted molar refractivity (Wildman–Crippen MR) is 127 cm³/mol. The van der Waals surface area contributed by atoms with Gasteiger partial charge in [0.05, 0.1) is 17.4 Å². The molecular weight excluding hydrogens is 456 g/mol. The summed E-state index contributed by atoms with van der Waals surface area (Å²) in [7, 11) is 0. The zero-order valence-electron chi connectivity index (χ0n) is 18.8. The number of rotatable bonds is 5. The van der Waals surface area contributed by atoms with Crippen molar-refractivity contribution in [2.45, 2.75) is 37.8 Å². The average molecular weight is 481 g/mol. The van der Waals surface area contributed by atoms with Gasteiger partial charge in [-0.1, -0.05) is 36.7 Å². The third-order valence-corrected chi connectivity index (χ3v) is 7.04. The second kappa shape index (κ2) is 8.56. The number of halogens is 1. The van der Waals surface area contributed by atoms with E-state index in [1.54, 1.807) is 41.3 Å². The van der Waals surface area contributed by atoms with E-state index in [4.69, 9.17) is 16.3 Å². The molecule has 1 N–H and O–H groups in total. The monoisotopic (exact) mass is 480 g/mol. The lowest BCUT2D eigenvalue weighted by molar-refractivity contribution is -0.145. The minimum Gasteiger partial charge on any atom is -0.507 e. The van der Waals surface area contributed by atoms with Crippen LogP contribution < -0.4 is 4.90 Å². The molecule has 3 aliphatic heterocycles. The summed E-state index contributed by atoms with van der Waals surface area (Å²) < 4.78 is 5.77. The van der Waals surface area contributed by atoms with Gasteiger partial charge in [-0.05, 0) is 49.6 Å². The van der Waals surface area contributed by atoms with E-state index in [1.807, 2.05) is 19.1 Å². The van der Waals surface area contributed by atoms with Crippen molar-refractivity contribution in [1.82, 2.24) is 4.90 Å². The molecule has 8 heteroatoms. The molecule has 176 valence electrons. The first-order chi connectivity index (χ1) is 16.4. The molecule has 0 unspecified atom stereocenters. The second-order valence-electron chi connectivity index (χ2n) is 8.79. The van der Waals surface area contributed by atoms with E-state index in [1.165, 1.54) is 4.90 Å². The topological polar surface area (TPSA) is 87.2 Å². The van der Waals surface area contributed by atoms with Crippen LogP contribution in [-0.4, -0.2) is 53.4 Å². The highest BCUT2D eigenvalue weighted by molar-refractivity contribution is 6.50. The quantitative estimate of drug-likeness (QED) is 0.399. The molecule has 1 spiro atoms. The molecule has 2 fully saturated rings. The number of carbonyl (C=O) groups is 3. The van der Waals surface area contributed by atoms with Crippen LogP contribution in [0.1, 0.15) is 37.3 Å². The first-order valence-electron chi connectivity index (χ1n) is 11.5. The summed E-state index contributed by atoms with van der Waals surface area (Å²) in [6.45, 7) is 3.03. The lowest BCUT2D eigenvalue weighted by atomic mass is 9.81. The highest BCUT2D eigenvalue weighted by Crippen LogP contribution is 2.53. The Labute approximate surface area is 202 Å². The number of aliphatic hydroxyl groups excluding tert-OH is 1. The number of amides is 2. The molecule has 2 atom stereocenters. The summed E-state index contributed by atoms with van der Waals surface area (Å²) in [4.78, 5) is 44.1. The SMILES string of the molecule is CCCN1C(=O)[C@]2(C(=C(O)c3ccc(Cl)cc3)C(=O)C(=O)N2C[C@@H]2CCCO2)c2ccccc21. The Morgan fingerprint density at radius 1 is 1.15 bits per heavy atom. The van der Waals surface area contributed by atoms with Crippen molar-refractivity contribution in [3.8, 4) is 0 Å². The number of aliphatic hydroxyl groups is 1. The van der Waals surface area contributed by atoms with Gasteiger partial charge in [-0.2, -0.15) is 0 Å². The van der Waals surface area contributed by atoms with Gasteiger partial charge in [-0.15, -0.1) is 0 Å². The van der Waals surface area contributed by atoms with Crippen molar-refractivity contribution < 1.29 is 24.2 Å². The second-order valence-corrected chi connectivity index (χ2v) is 9.23. The number of para-hydroxylation sites is 1. The number of likely N-dealkylation sites (tertiary alicyclic amines) is 1. The van der Waals surface area contributed by atoms with E-state index in [9.17, 15) is 19.5 Å². The van der Waals surface area contributed by atoms with Gasteiger partial charge in [-0.3, -0.25) is 14.4 Å². The van der Waals surface area contributed by atoms with Crippen molar-refractivity contribution in [2.24, 2.45) is 0 Å². The Hall–Kier alpha value is -3.16. The van der Waals surface area contributed by atoms with Crippen LogP contribution in [0.2, 0.25) is 5.02 Å². The molecule has 0 bridgehead atoms. The number of fused-ring (bicyclic) bond motifs is 2. The molecular formula is C26H25ClN2O5. The summed E-state index contributed by atoms with van der Waals surface area (Å²) >= 11 is 6.01. The fraction of sp³-hybridized carbons (Fsp3) is 0.346. The molecule has 3 heterocycles. The predicted octanol–water partition coefficient (Wildman–Crippen LogP) is 3.85. The minimum atomic E-state index is -1.75. The maximum Gasteiger partial charge on any atom is 0.296 e. The van der Waals surface area contributed by atoms with Crippen molar-refractivity contribution in [3.05, 3.63) is 70.3 Å². The molecule has 2 saturated heterocycles. The van der Waals surface area contributed by atoms with Crippen molar-refractivity contribution >= 4 is 40.6 Å². The lowest BCUT2D eigenvalue weighted by Gasteiger charge is -2.35. The van der Waals surface area contributed by atoms with Crippen LogP contribution in [-0.2, 0) is 24.7 Å². The van der Waals surface area contributed by atoms with Gasteiger partial charge < -0.3 is 19.6 Å². The van der Waals surface area contributed by atoms with E-state index in [0.717, 1.165) is 12.8 Å². The number of hydrogen-bond acceptors (Lipinski definition) is 5. The molecule has 5 rings (SSSR count). The van der Waals surface area contributed by atoms with Crippen LogP contribution in [0.25, 0.3) is 5.76 Å². The normalized spacial score (nSPS) is 25.6. The Balaban J connectivity index is 1.79. The Morgan fingerprint density at radius 3 is 2.56 bits per heavy atom. The molecule has 2 amide bonds. The Morgan fingerprint density at radius 2 is 1.88 bits per heavy atom. The van der Waals surface area contributed by atoms with Crippen LogP contribution in [0, 0.1) is 0 Å². The zero-order chi connectivity index (χ0) is 24.0. The highest BCUT2D eigenvalue weighted by Gasteiger charge is 2.67. The molecule has 2 aromatic carbocycles. The summed E-state index contributed by atoms with van der Waals surface area (Å²) in [6, 6.07) is 13.5. The average Bonchev–Trinajstić information content (AvgIpc) is 3.49. The van der Waals surface area contributed by atoms with Gasteiger partial charge in [0, 0.05) is 35.8 Å². The van der Waals surface area contributed by atoms with Gasteiger partial charge in [0.25, 0.3) is 17.6 Å². The van der Waals surface area contributed by atoms with Gasteiger partial charge in [0.1, 0.15) is 5.76 Å². The van der Waals surface area contributed by atoms with Gasteiger partial charge >= 0.3 is 0 Å². The highest BCUT2D eigenvalue weighted by atomic mass is 35.5. The maximum absolute atomic E-state index is 14.2. The summed E-state index contributed by atoms with van der Waals surface area (Å²) in [5.74, 6) is -2.51. The van der Waals surface area contributed by atoms with E-state index in [2.05, 4.69) is 0 Å². The molecule has 0 saturated carbocycles. The summed E-state index contributed by atoms with van der Waals surface area (Å²) in [5.41, 5.74) is -0.515. The number of hydrogen-bond donors (Lipinski definition) is 1. The van der Waals surface area contributed by atoms with E-state index < -0.39 is 28.9 Å². The number of benzene rings is 2. The molecule has 2 aromatic rings. The first-order valence-corrected chi connectivity index (χ1v) is 11.9. The number of nitrogens with zero attached hydrogens (tertiary/aromatic N) is 2. The maximum atomic E-state index is 14.2. The first kappa shape index (κ1) is 22.6. The third kappa shape index (κ3) is 3.18. The number of carbonyl (C=O) groups excluding carboxylic acids is 3. The number of Topliss-reactive ketones (excluding diaryl/α,β-unsaturated/α-hetero) is 1. The van der Waals surface area contributed by atoms with E-state index in [0.29, 0.717) is 41.4 Å². The number of ether oxygens (including phenoxy) is 1. The van der Waals surface area contributed by atoms with E-state index >= 15 is 0 Å². The van der Waals surface area contributed by atoms with E-state index in [-0.39, 0.29) is 18.2 Å². The molecule has 3 aliphatic rings. The van der Waals surface area contributed by atoms with Crippen LogP contribution in [0.15, 0.2) is 54.1 Å². The summed E-state index contributed by atoms with van der Waals surface area (Å²) in [5, 5.41) is 11.9. The molecule has 0 radical (unpaired) electrons. The molecule has 0 aliphatic carbocycles. The van der Waals surface area contributed by atoms with Crippen LogP contribution in [0.4, 0.5) is 5.69 Å². The van der Waals surface area contributed by atoms with Crippen molar-refractivity contribution in [1.29, 1.82) is 0 Å². The largest absolute Gasteiger partial charge is 0.507 e. The minimum absolute atomic E-state index is 0.0853. The van der Waals surface area contributed by atoms with Gasteiger partial charge in [0.2, 0.25) is 0 Å².